The van der Waals surface area contributed by atoms with Gasteiger partial charge in [-0.25, -0.2) is 0 Å². The molecule has 3 rings (SSSR count). The third-order valence-electron chi connectivity index (χ3n) is 3.26. The minimum absolute atomic E-state index is 0.223. The van der Waals surface area contributed by atoms with Gasteiger partial charge in [0.15, 0.2) is 0 Å². The number of hydrogen-bond donors (Lipinski definition) is 3. The fourth-order valence-corrected chi connectivity index (χ4v) is 2.20. The van der Waals surface area contributed by atoms with Crippen LogP contribution in [0, 0.1) is 0 Å². The third-order valence-corrected chi connectivity index (χ3v) is 3.26. The summed E-state index contributed by atoms with van der Waals surface area (Å²) in [6.45, 7) is 0. The number of ether oxygens (including phenoxy) is 1. The summed E-state index contributed by atoms with van der Waals surface area (Å²) in [7, 11) is 1.58. The van der Waals surface area contributed by atoms with Crippen LogP contribution in [0.2, 0.25) is 0 Å². The number of H-pyrrole nitrogens is 1. The molecule has 106 valence electrons. The van der Waals surface area contributed by atoms with E-state index in [1.807, 2.05) is 24.3 Å². The lowest BCUT2D eigenvalue weighted by molar-refractivity contribution is 0.102. The predicted molar refractivity (Wildman–Crippen MR) is 83.7 cm³/mol. The van der Waals surface area contributed by atoms with Crippen molar-refractivity contribution in [3.8, 4) is 5.75 Å². The zero-order valence-corrected chi connectivity index (χ0v) is 11.5. The van der Waals surface area contributed by atoms with E-state index in [-0.39, 0.29) is 5.91 Å². The molecule has 21 heavy (non-hydrogen) atoms. The highest BCUT2D eigenvalue weighted by Crippen LogP contribution is 2.22. The number of para-hydroxylation sites is 1. The quantitative estimate of drug-likeness (QED) is 0.645. The van der Waals surface area contributed by atoms with Gasteiger partial charge >= 0.3 is 0 Å². The van der Waals surface area contributed by atoms with E-state index in [0.29, 0.717) is 22.8 Å². The number of nitrogens with two attached hydrogens (primary N) is 1. The number of carbonyl (C=O) groups excluding carboxylic acids is 1. The van der Waals surface area contributed by atoms with Crippen LogP contribution in [-0.2, 0) is 0 Å². The second-order valence-electron chi connectivity index (χ2n) is 4.68. The number of fused-ring (bicyclic) bond motifs is 1. The van der Waals surface area contributed by atoms with Crippen molar-refractivity contribution in [3.05, 3.63) is 54.2 Å². The molecular weight excluding hydrogens is 266 g/mol. The van der Waals surface area contributed by atoms with Crippen molar-refractivity contribution in [2.24, 2.45) is 0 Å². The molecule has 0 bridgehead atoms. The van der Waals surface area contributed by atoms with Crippen LogP contribution in [0.4, 0.5) is 11.4 Å². The molecule has 5 nitrogen and oxygen atoms in total. The first-order valence-corrected chi connectivity index (χ1v) is 6.50. The van der Waals surface area contributed by atoms with Crippen molar-refractivity contribution in [1.29, 1.82) is 0 Å². The molecule has 1 amide bonds. The minimum Gasteiger partial charge on any atom is -0.497 e. The number of methoxy groups -OCH3 is 1. The highest BCUT2D eigenvalue weighted by Gasteiger charge is 2.11. The van der Waals surface area contributed by atoms with E-state index in [4.69, 9.17) is 10.5 Å². The van der Waals surface area contributed by atoms with Crippen LogP contribution in [0.3, 0.4) is 0 Å². The van der Waals surface area contributed by atoms with Crippen molar-refractivity contribution in [2.45, 2.75) is 0 Å². The minimum atomic E-state index is -0.223. The van der Waals surface area contributed by atoms with Gasteiger partial charge in [0, 0.05) is 17.1 Å². The second-order valence-corrected chi connectivity index (χ2v) is 4.68. The molecule has 0 aliphatic heterocycles. The van der Waals surface area contributed by atoms with E-state index in [1.165, 1.54) is 0 Å². The summed E-state index contributed by atoms with van der Waals surface area (Å²) >= 11 is 0. The van der Waals surface area contributed by atoms with Gasteiger partial charge in [-0.1, -0.05) is 18.2 Å². The molecule has 0 saturated heterocycles. The lowest BCUT2D eigenvalue weighted by atomic mass is 10.2. The number of carbonyl (C=O) groups is 1. The number of nitrogens with one attached hydrogen (secondary N) is 2. The number of aromatic nitrogens is 1. The number of aromatic amines is 1. The standard InChI is InChI=1S/C16H15N3O2/c1-21-12-6-3-5-11(9-12)18-16(20)14-8-10-4-2-7-13(17)15(10)19-14/h2-9,19H,17H2,1H3,(H,18,20). The van der Waals surface area contributed by atoms with Crippen molar-refractivity contribution < 1.29 is 9.53 Å². The summed E-state index contributed by atoms with van der Waals surface area (Å²) in [5.74, 6) is 0.465. The Morgan fingerprint density at radius 3 is 2.76 bits per heavy atom. The van der Waals surface area contributed by atoms with E-state index in [9.17, 15) is 4.79 Å². The maximum absolute atomic E-state index is 12.3. The summed E-state index contributed by atoms with van der Waals surface area (Å²) in [5.41, 5.74) is 8.41. The number of amides is 1. The number of benzene rings is 2. The fraction of sp³-hybridized carbons (Fsp3) is 0.0625. The second kappa shape index (κ2) is 5.20. The van der Waals surface area contributed by atoms with Crippen LogP contribution in [-0.4, -0.2) is 18.0 Å². The van der Waals surface area contributed by atoms with Crippen molar-refractivity contribution >= 4 is 28.2 Å². The molecule has 1 aromatic heterocycles. The lowest BCUT2D eigenvalue weighted by Gasteiger charge is -2.05. The van der Waals surface area contributed by atoms with Crippen LogP contribution < -0.4 is 15.8 Å². The first-order chi connectivity index (χ1) is 10.2. The van der Waals surface area contributed by atoms with Crippen molar-refractivity contribution in [1.82, 2.24) is 4.98 Å². The van der Waals surface area contributed by atoms with Gasteiger partial charge < -0.3 is 20.8 Å². The molecule has 0 aliphatic carbocycles. The SMILES string of the molecule is COc1cccc(NC(=O)c2cc3cccc(N)c3[nH]2)c1. The molecule has 1 heterocycles. The van der Waals surface area contributed by atoms with Crippen LogP contribution >= 0.6 is 0 Å². The summed E-state index contributed by atoms with van der Waals surface area (Å²) < 4.78 is 5.13. The summed E-state index contributed by atoms with van der Waals surface area (Å²) in [6, 6.07) is 14.5. The van der Waals surface area contributed by atoms with Gasteiger partial charge in [-0.15, -0.1) is 0 Å². The van der Waals surface area contributed by atoms with E-state index in [1.54, 1.807) is 31.4 Å². The summed E-state index contributed by atoms with van der Waals surface area (Å²) in [5, 5.41) is 3.73. The van der Waals surface area contributed by atoms with Gasteiger partial charge in [-0.3, -0.25) is 4.79 Å². The van der Waals surface area contributed by atoms with Gasteiger partial charge in [-0.05, 0) is 24.3 Å². The molecule has 2 aromatic carbocycles. The van der Waals surface area contributed by atoms with E-state index >= 15 is 0 Å². The van der Waals surface area contributed by atoms with Gasteiger partial charge in [0.2, 0.25) is 0 Å². The van der Waals surface area contributed by atoms with Crippen LogP contribution in [0.15, 0.2) is 48.5 Å². The lowest BCUT2D eigenvalue weighted by Crippen LogP contribution is -2.12. The molecule has 0 saturated carbocycles. The van der Waals surface area contributed by atoms with Crippen LogP contribution in [0.25, 0.3) is 10.9 Å². The highest BCUT2D eigenvalue weighted by molar-refractivity contribution is 6.07. The van der Waals surface area contributed by atoms with E-state index in [0.717, 1.165) is 10.9 Å². The first-order valence-electron chi connectivity index (χ1n) is 6.50. The zero-order valence-electron chi connectivity index (χ0n) is 11.5. The third kappa shape index (κ3) is 2.53. The van der Waals surface area contributed by atoms with Gasteiger partial charge in [0.05, 0.1) is 18.3 Å². The molecule has 3 aromatic rings. The number of hydrogen-bond acceptors (Lipinski definition) is 3. The smallest absolute Gasteiger partial charge is 0.272 e. The topological polar surface area (TPSA) is 80.1 Å². The Balaban J connectivity index is 1.88. The molecule has 0 radical (unpaired) electrons. The Labute approximate surface area is 121 Å². The molecular formula is C16H15N3O2. The van der Waals surface area contributed by atoms with Crippen LogP contribution in [0.1, 0.15) is 10.5 Å². The largest absolute Gasteiger partial charge is 0.497 e. The predicted octanol–water partition coefficient (Wildman–Crippen LogP) is 3.01. The van der Waals surface area contributed by atoms with Gasteiger partial charge in [-0.2, -0.15) is 0 Å². The van der Waals surface area contributed by atoms with E-state index in [2.05, 4.69) is 10.3 Å². The number of anilines is 2. The summed E-state index contributed by atoms with van der Waals surface area (Å²) in [4.78, 5) is 15.3. The van der Waals surface area contributed by atoms with E-state index < -0.39 is 0 Å². The Hall–Kier alpha value is -2.95. The maximum Gasteiger partial charge on any atom is 0.272 e. The first kappa shape index (κ1) is 13.1. The zero-order chi connectivity index (χ0) is 14.8. The van der Waals surface area contributed by atoms with Gasteiger partial charge in [0.25, 0.3) is 5.91 Å². The molecule has 4 N–H and O–H groups in total. The Kier molecular flexibility index (Phi) is 3.23. The number of rotatable bonds is 3. The van der Waals surface area contributed by atoms with Gasteiger partial charge in [0.1, 0.15) is 11.4 Å². The van der Waals surface area contributed by atoms with Crippen molar-refractivity contribution in [3.63, 3.8) is 0 Å². The average Bonchev–Trinajstić information content (AvgIpc) is 2.93. The molecule has 0 atom stereocenters. The molecule has 0 unspecified atom stereocenters. The van der Waals surface area contributed by atoms with Crippen LogP contribution in [0.5, 0.6) is 5.75 Å². The molecule has 0 fully saturated rings. The molecule has 0 aliphatic rings. The van der Waals surface area contributed by atoms with Crippen molar-refractivity contribution in [2.75, 3.05) is 18.2 Å². The molecule has 0 spiro atoms. The fourth-order valence-electron chi connectivity index (χ4n) is 2.20. The summed E-state index contributed by atoms with van der Waals surface area (Å²) in [6.07, 6.45) is 0. The average molecular weight is 281 g/mol. The monoisotopic (exact) mass is 281 g/mol. The normalized spacial score (nSPS) is 10.5. The Morgan fingerprint density at radius 2 is 2.00 bits per heavy atom. The Bertz CT molecular complexity index is 808. The number of nitrogen functional groups attached to an aromatic ring is 1. The maximum atomic E-state index is 12.3. The Morgan fingerprint density at radius 1 is 1.19 bits per heavy atom. The highest BCUT2D eigenvalue weighted by atomic mass is 16.5. The molecule has 5 heteroatoms.